The maximum atomic E-state index is 2.35. The average molecular weight is 743 g/mol. The number of fused-ring (bicyclic) bond motifs is 2. The maximum absolute atomic E-state index is 2.35. The Bertz CT molecular complexity index is 1860. The second-order valence-corrected chi connectivity index (χ2v) is 23.1. The van der Waals surface area contributed by atoms with Crippen LogP contribution in [0.15, 0.2) is 103 Å². The van der Waals surface area contributed by atoms with Crippen LogP contribution in [0, 0.1) is 20.8 Å². The Morgan fingerprint density at radius 2 is 1.22 bits per heavy atom. The van der Waals surface area contributed by atoms with Gasteiger partial charge in [-0.2, -0.15) is 12.1 Å². The van der Waals surface area contributed by atoms with Crippen molar-refractivity contribution in [2.75, 3.05) is 0 Å². The van der Waals surface area contributed by atoms with E-state index in [2.05, 4.69) is 172 Å². The first kappa shape index (κ1) is 40.0. The molecule has 6 aromatic carbocycles. The summed E-state index contributed by atoms with van der Waals surface area (Å²) in [5.41, 5.74) is 12.5. The van der Waals surface area contributed by atoms with Crippen LogP contribution >= 0.6 is 0 Å². The van der Waals surface area contributed by atoms with Crippen LogP contribution in [0.5, 0.6) is 0 Å². The summed E-state index contributed by atoms with van der Waals surface area (Å²) in [5, 5.41) is 5.47. The third-order valence-corrected chi connectivity index (χ3v) is 8.11. The molecule has 6 rings (SSSR count). The molecule has 0 N–H and O–H groups in total. The Kier molecular flexibility index (Phi) is 15.0. The van der Waals surface area contributed by atoms with Crippen molar-refractivity contribution in [3.05, 3.63) is 131 Å². The van der Waals surface area contributed by atoms with E-state index in [0.29, 0.717) is 5.92 Å². The van der Waals surface area contributed by atoms with E-state index in [4.69, 9.17) is 0 Å². The largest absolute Gasteiger partial charge is 1.00 e. The number of rotatable bonds is 3. The Labute approximate surface area is 306 Å². The van der Waals surface area contributed by atoms with E-state index in [1.165, 1.54) is 71.6 Å². The van der Waals surface area contributed by atoms with E-state index in [0.717, 1.165) is 0 Å². The van der Waals surface area contributed by atoms with Crippen LogP contribution in [0.1, 0.15) is 68.4 Å². The molecule has 0 unspecified atom stereocenters. The average Bonchev–Trinajstić information content (AvgIpc) is 3.58. The van der Waals surface area contributed by atoms with Gasteiger partial charge in [0.25, 0.3) is 0 Å². The summed E-state index contributed by atoms with van der Waals surface area (Å²) >= 11 is 1.74. The quantitative estimate of drug-likeness (QED) is 0.142. The van der Waals surface area contributed by atoms with Crippen LogP contribution in [-0.4, -0.2) is 5.43 Å². The standard InChI is InChI=1S/C22H25.C18H17.C2H6Si.2ClH.Zr/c1-15(2)18-13-17-7-6-8-20(21(17)14-18)16-9-11-19(12-10-16)22(3,4)5;1-12-4-7-15(8-5-12)16-9-6-14(3)17-10-13(2)11-18(16)17;1-3-2;;;/h6-15H,1-5H3;4-11H,1-3H3;1-2H3;2*1H;/q2*-1;;;;+2/p-2. The monoisotopic (exact) mass is 740 g/mol. The van der Waals surface area contributed by atoms with Crippen molar-refractivity contribution >= 4 is 27.0 Å². The smallest absolute Gasteiger partial charge is 0.0279 e. The van der Waals surface area contributed by atoms with E-state index in [1.807, 2.05) is 0 Å². The van der Waals surface area contributed by atoms with Gasteiger partial charge in [-0.1, -0.05) is 126 Å². The number of aryl methyl sites for hydroxylation is 3. The predicted octanol–water partition coefficient (Wildman–Crippen LogP) is 6.59. The molecule has 0 aliphatic rings. The van der Waals surface area contributed by atoms with Crippen LogP contribution in [0.3, 0.4) is 0 Å². The summed E-state index contributed by atoms with van der Waals surface area (Å²) in [6.07, 6.45) is 0. The third-order valence-electron chi connectivity index (χ3n) is 8.11. The van der Waals surface area contributed by atoms with Gasteiger partial charge < -0.3 is 24.8 Å². The van der Waals surface area contributed by atoms with Crippen molar-refractivity contribution < 1.29 is 48.1 Å². The van der Waals surface area contributed by atoms with Crippen molar-refractivity contribution in [2.45, 2.75) is 79.8 Å². The zero-order valence-corrected chi connectivity index (χ0v) is 34.1. The van der Waals surface area contributed by atoms with Gasteiger partial charge in [0, 0.05) is 0 Å². The molecule has 0 fully saturated rings. The van der Waals surface area contributed by atoms with E-state index in [-0.39, 0.29) is 35.7 Å². The molecule has 0 saturated heterocycles. The Morgan fingerprint density at radius 1 is 0.674 bits per heavy atom. The minimum atomic E-state index is 0. The van der Waals surface area contributed by atoms with Crippen LogP contribution in [-0.2, 0) is 28.8 Å². The molecule has 6 aromatic rings. The molecule has 46 heavy (non-hydrogen) atoms. The summed E-state index contributed by atoms with van der Waals surface area (Å²) in [4.78, 5) is 0. The number of halogens is 2. The van der Waals surface area contributed by atoms with Gasteiger partial charge in [-0.3, -0.25) is 0 Å². The maximum Gasteiger partial charge on any atom is -0.0279 e. The molecule has 0 bridgehead atoms. The molecule has 0 aromatic heterocycles. The number of benzene rings is 4. The fraction of sp³-hybridized carbons (Fsp3) is 0.286. The van der Waals surface area contributed by atoms with Gasteiger partial charge in [-0.05, 0) is 34.9 Å². The van der Waals surface area contributed by atoms with Gasteiger partial charge in [0.15, 0.2) is 0 Å². The van der Waals surface area contributed by atoms with Crippen LogP contribution in [0.4, 0.5) is 0 Å². The summed E-state index contributed by atoms with van der Waals surface area (Å²) in [6, 6.07) is 38.2. The van der Waals surface area contributed by atoms with Gasteiger partial charge in [0.05, 0.1) is 0 Å². The molecule has 0 heterocycles. The molecular weight excluding hydrogens is 695 g/mol. The van der Waals surface area contributed by atoms with Crippen LogP contribution in [0.25, 0.3) is 43.8 Å². The van der Waals surface area contributed by atoms with Gasteiger partial charge in [0.1, 0.15) is 0 Å². The van der Waals surface area contributed by atoms with Crippen molar-refractivity contribution in [1.29, 1.82) is 0 Å². The molecule has 0 aliphatic carbocycles. The predicted molar refractivity (Wildman–Crippen MR) is 194 cm³/mol. The minimum absolute atomic E-state index is 0. The summed E-state index contributed by atoms with van der Waals surface area (Å²) < 4.78 is 0. The van der Waals surface area contributed by atoms with Gasteiger partial charge in [-0.15, -0.1) is 68.6 Å². The first-order valence-electron chi connectivity index (χ1n) is 15.8. The van der Waals surface area contributed by atoms with Gasteiger partial charge in [-0.25, -0.2) is 0 Å². The Hall–Kier alpha value is -2.22. The zero-order chi connectivity index (χ0) is 32.2. The fourth-order valence-corrected chi connectivity index (χ4v) is 5.57. The molecule has 0 saturated carbocycles. The molecule has 4 heteroatoms. The van der Waals surface area contributed by atoms with E-state index in [9.17, 15) is 0 Å². The van der Waals surface area contributed by atoms with Crippen LogP contribution < -0.4 is 24.8 Å². The van der Waals surface area contributed by atoms with E-state index in [1.54, 1.807) is 23.3 Å². The van der Waals surface area contributed by atoms with Crippen molar-refractivity contribution in [3.8, 4) is 22.3 Å². The van der Waals surface area contributed by atoms with Crippen molar-refractivity contribution in [3.63, 3.8) is 0 Å². The van der Waals surface area contributed by atoms with Crippen molar-refractivity contribution in [1.82, 2.24) is 0 Å². The topological polar surface area (TPSA) is 0 Å². The van der Waals surface area contributed by atoms with E-state index < -0.39 is 0 Å². The number of hydrogen-bond acceptors (Lipinski definition) is 0. The Balaban J connectivity index is 0.000000280. The molecule has 0 nitrogen and oxygen atoms in total. The molecule has 240 valence electrons. The number of hydrogen-bond donors (Lipinski definition) is 0. The third kappa shape index (κ3) is 10.1. The Morgan fingerprint density at radius 3 is 1.76 bits per heavy atom. The fourth-order valence-electron chi connectivity index (χ4n) is 5.57. The molecule has 0 atom stereocenters. The minimum Gasteiger partial charge on any atom is -1.00 e. The molecule has 0 spiro atoms. The van der Waals surface area contributed by atoms with Crippen LogP contribution in [0.2, 0.25) is 13.1 Å². The second-order valence-electron chi connectivity index (χ2n) is 13.7. The molecular formula is C42H48Cl2SiZr-2. The summed E-state index contributed by atoms with van der Waals surface area (Å²) in [7, 11) is 0. The SMILES string of the molecule is CC(C)c1cc2c(-c3ccc(C(C)(C)C)cc3)cccc2[cH-]1.C[Si](C)=[Zr+2].Cc1ccc(-c2ccc(C)c3[cH-]c(C)cc23)cc1.[Cl-].[Cl-]. The zero-order valence-electron chi connectivity index (χ0n) is 29.1. The summed E-state index contributed by atoms with van der Waals surface area (Å²) in [5.74, 6) is 0.573. The first-order valence-corrected chi connectivity index (χ1v) is 22.0. The summed E-state index contributed by atoms with van der Waals surface area (Å²) in [6.45, 7) is 22.4. The van der Waals surface area contributed by atoms with E-state index >= 15 is 0 Å². The molecule has 0 aliphatic heterocycles. The van der Waals surface area contributed by atoms with Gasteiger partial charge >= 0.3 is 41.9 Å². The van der Waals surface area contributed by atoms with Gasteiger partial charge in [0.2, 0.25) is 0 Å². The second kappa shape index (κ2) is 17.3. The molecule has 0 radical (unpaired) electrons. The molecule has 0 amide bonds. The normalized spacial score (nSPS) is 10.8. The first-order chi connectivity index (χ1) is 20.7. The van der Waals surface area contributed by atoms with Crippen molar-refractivity contribution in [2.24, 2.45) is 0 Å².